The van der Waals surface area contributed by atoms with E-state index in [-0.39, 0.29) is 28.6 Å². The summed E-state index contributed by atoms with van der Waals surface area (Å²) >= 11 is 0. The second-order valence-corrected chi connectivity index (χ2v) is 11.2. The Labute approximate surface area is 214 Å². The highest BCUT2D eigenvalue weighted by atomic mass is 16.6. The van der Waals surface area contributed by atoms with Gasteiger partial charge in [-0.2, -0.15) is 5.10 Å². The maximum absolute atomic E-state index is 11.5. The molecule has 2 fully saturated rings. The fourth-order valence-electron chi connectivity index (χ4n) is 7.29. The number of anilines is 1. The van der Waals surface area contributed by atoms with Gasteiger partial charge in [0, 0.05) is 31.7 Å². The number of hydrazone groups is 1. The summed E-state index contributed by atoms with van der Waals surface area (Å²) in [5, 5.41) is 15.3. The number of allylic oxidation sites excluding steroid dienone is 3. The summed E-state index contributed by atoms with van der Waals surface area (Å²) in [5.41, 5.74) is 5.61. The summed E-state index contributed by atoms with van der Waals surface area (Å²) in [6.45, 7) is 8.45. The second-order valence-electron chi connectivity index (χ2n) is 11.2. The number of nitro groups is 1. The van der Waals surface area contributed by atoms with Crippen molar-refractivity contribution in [2.75, 3.05) is 5.43 Å². The van der Waals surface area contributed by atoms with Crippen LogP contribution in [0.3, 0.4) is 0 Å². The number of hydrogen-bond acceptors (Lipinski definition) is 6. The molecule has 7 nitrogen and oxygen atoms in total. The number of nitrogens with one attached hydrogen (secondary N) is 1. The van der Waals surface area contributed by atoms with Crippen molar-refractivity contribution in [2.24, 2.45) is 33.7 Å². The molecule has 6 atom stereocenters. The Morgan fingerprint density at radius 3 is 2.67 bits per heavy atom. The first-order valence-electron chi connectivity index (χ1n) is 13.2. The minimum atomic E-state index is -0.401. The lowest BCUT2D eigenvalue weighted by atomic mass is 9.47. The molecule has 1 aromatic carbocycles. The predicted molar refractivity (Wildman–Crippen MR) is 143 cm³/mol. The van der Waals surface area contributed by atoms with Gasteiger partial charge in [-0.25, -0.2) is 0 Å². The summed E-state index contributed by atoms with van der Waals surface area (Å²) in [6.07, 6.45) is 16.2. The third-order valence-corrected chi connectivity index (χ3v) is 9.10. The highest BCUT2D eigenvalue weighted by Gasteiger charge is 2.54. The molecule has 7 heteroatoms. The summed E-state index contributed by atoms with van der Waals surface area (Å²) < 4.78 is 5.58. The van der Waals surface area contributed by atoms with E-state index >= 15 is 0 Å². The Morgan fingerprint density at radius 1 is 1.25 bits per heavy atom. The molecule has 1 N–H and O–H groups in total. The number of esters is 1. The fraction of sp³-hybridized carbons (Fsp3) is 0.586. The van der Waals surface area contributed by atoms with Gasteiger partial charge in [0.05, 0.1) is 10.6 Å². The van der Waals surface area contributed by atoms with Crippen LogP contribution in [0.2, 0.25) is 0 Å². The SMILES string of the molecule is C/C=C/[C@@]1(C)CC[C@H]2[C@@H](CC=C3C[C@@H](OC(C)=O)CC[C@@]32C)[C@@H]1C/C=N/Nc1ccc([N+](=O)[O-])cc1. The first-order chi connectivity index (χ1) is 17.2. The number of ether oxygens (including phenoxy) is 1. The van der Waals surface area contributed by atoms with Gasteiger partial charge in [0.15, 0.2) is 0 Å². The number of carbonyl (C=O) groups excluding carboxylic acids is 1. The van der Waals surface area contributed by atoms with Crippen LogP contribution in [-0.4, -0.2) is 23.2 Å². The van der Waals surface area contributed by atoms with Crippen LogP contribution >= 0.6 is 0 Å². The number of non-ortho nitro benzene ring substituents is 1. The highest BCUT2D eigenvalue weighted by molar-refractivity contribution is 5.66. The maximum atomic E-state index is 11.5. The van der Waals surface area contributed by atoms with Gasteiger partial charge in [-0.15, -0.1) is 0 Å². The zero-order valence-electron chi connectivity index (χ0n) is 21.9. The molecule has 0 amide bonds. The van der Waals surface area contributed by atoms with E-state index in [2.05, 4.69) is 49.5 Å². The molecule has 4 rings (SSSR count). The molecule has 0 aromatic heterocycles. The topological polar surface area (TPSA) is 93.8 Å². The molecule has 0 aliphatic heterocycles. The number of nitro benzene ring substituents is 1. The van der Waals surface area contributed by atoms with Crippen LogP contribution in [0.1, 0.15) is 72.6 Å². The molecule has 3 aliphatic carbocycles. The molecule has 0 saturated heterocycles. The number of fused-ring (bicyclic) bond motifs is 3. The van der Waals surface area contributed by atoms with Crippen LogP contribution in [-0.2, 0) is 9.53 Å². The zero-order chi connectivity index (χ0) is 25.9. The van der Waals surface area contributed by atoms with Gasteiger partial charge in [0.2, 0.25) is 0 Å². The fourth-order valence-corrected chi connectivity index (χ4v) is 7.29. The normalized spacial score (nSPS) is 34.1. The molecule has 0 spiro atoms. The number of carbonyl (C=O) groups is 1. The largest absolute Gasteiger partial charge is 0.462 e. The van der Waals surface area contributed by atoms with E-state index in [0.29, 0.717) is 17.8 Å². The molecule has 3 aliphatic rings. The molecule has 194 valence electrons. The standard InChI is InChI=1S/C29H39N3O4/c1-5-15-28(3)16-13-27-25(11-6-21-19-24(36-20(2)33)12-17-29(21,27)4)26(28)14-18-30-31-22-7-9-23(10-8-22)32(34)35/h5-10,15,18,24-27,31H,11-14,16-17,19H2,1-4H3/b15-5+,30-18+/t24-,25-,26-,27-,28-,29-/m0/s1. The number of benzene rings is 1. The van der Waals surface area contributed by atoms with Crippen molar-refractivity contribution in [1.29, 1.82) is 0 Å². The highest BCUT2D eigenvalue weighted by Crippen LogP contribution is 2.62. The van der Waals surface area contributed by atoms with Crippen LogP contribution < -0.4 is 5.43 Å². The van der Waals surface area contributed by atoms with E-state index in [1.165, 1.54) is 31.1 Å². The summed E-state index contributed by atoms with van der Waals surface area (Å²) in [6, 6.07) is 6.32. The van der Waals surface area contributed by atoms with Gasteiger partial charge in [0.1, 0.15) is 6.10 Å². The molecule has 36 heavy (non-hydrogen) atoms. The van der Waals surface area contributed by atoms with Gasteiger partial charge in [-0.05, 0) is 86.2 Å². The summed E-state index contributed by atoms with van der Waals surface area (Å²) in [4.78, 5) is 22.0. The Hall–Kier alpha value is -2.96. The lowest BCUT2D eigenvalue weighted by molar-refractivity contribution is -0.384. The predicted octanol–water partition coefficient (Wildman–Crippen LogP) is 7.06. The average molecular weight is 494 g/mol. The van der Waals surface area contributed by atoms with Gasteiger partial charge in [-0.1, -0.05) is 37.6 Å². The van der Waals surface area contributed by atoms with Crippen LogP contribution in [0, 0.1) is 38.7 Å². The lowest BCUT2D eigenvalue weighted by Crippen LogP contribution is -2.50. The van der Waals surface area contributed by atoms with Crippen LogP contribution in [0.25, 0.3) is 0 Å². The van der Waals surface area contributed by atoms with Gasteiger partial charge >= 0.3 is 5.97 Å². The van der Waals surface area contributed by atoms with Crippen molar-refractivity contribution < 1.29 is 14.5 Å². The van der Waals surface area contributed by atoms with Gasteiger partial charge in [-0.3, -0.25) is 20.3 Å². The third kappa shape index (κ3) is 5.25. The van der Waals surface area contributed by atoms with Crippen LogP contribution in [0.4, 0.5) is 11.4 Å². The van der Waals surface area contributed by atoms with Crippen LogP contribution in [0.15, 0.2) is 53.2 Å². The Balaban J connectivity index is 1.50. The second kappa shape index (κ2) is 10.6. The van der Waals surface area contributed by atoms with Gasteiger partial charge < -0.3 is 4.74 Å². The molecule has 0 bridgehead atoms. The smallest absolute Gasteiger partial charge is 0.302 e. The monoisotopic (exact) mass is 493 g/mol. The average Bonchev–Trinajstić information content (AvgIpc) is 2.83. The van der Waals surface area contributed by atoms with Gasteiger partial charge in [0.25, 0.3) is 5.69 Å². The Morgan fingerprint density at radius 2 is 2.00 bits per heavy atom. The van der Waals surface area contributed by atoms with E-state index < -0.39 is 4.92 Å². The molecule has 1 aromatic rings. The van der Waals surface area contributed by atoms with E-state index in [1.54, 1.807) is 12.1 Å². The first-order valence-corrected chi connectivity index (χ1v) is 13.2. The van der Waals surface area contributed by atoms with Crippen molar-refractivity contribution in [3.63, 3.8) is 0 Å². The molecule has 0 radical (unpaired) electrons. The molecule has 0 unspecified atom stereocenters. The summed E-state index contributed by atoms with van der Waals surface area (Å²) in [5.74, 6) is 1.48. The van der Waals surface area contributed by atoms with Crippen molar-refractivity contribution in [1.82, 2.24) is 0 Å². The Bertz CT molecular complexity index is 1060. The minimum absolute atomic E-state index is 0.0173. The van der Waals surface area contributed by atoms with E-state index in [0.717, 1.165) is 44.2 Å². The lowest BCUT2D eigenvalue weighted by Gasteiger charge is -2.58. The molecular weight excluding hydrogens is 454 g/mol. The third-order valence-electron chi connectivity index (χ3n) is 9.10. The number of rotatable bonds is 7. The quantitative estimate of drug-likeness (QED) is 0.144. The van der Waals surface area contributed by atoms with Crippen LogP contribution in [0.5, 0.6) is 0 Å². The maximum Gasteiger partial charge on any atom is 0.302 e. The van der Waals surface area contributed by atoms with E-state index in [1.807, 2.05) is 6.21 Å². The van der Waals surface area contributed by atoms with Crippen molar-refractivity contribution in [3.05, 3.63) is 58.2 Å². The van der Waals surface area contributed by atoms with E-state index in [9.17, 15) is 14.9 Å². The number of hydrogen-bond donors (Lipinski definition) is 1. The van der Waals surface area contributed by atoms with Crippen molar-refractivity contribution >= 4 is 23.6 Å². The zero-order valence-corrected chi connectivity index (χ0v) is 21.9. The number of nitrogens with zero attached hydrogens (tertiary/aromatic N) is 2. The van der Waals surface area contributed by atoms with Crippen molar-refractivity contribution in [2.45, 2.75) is 78.7 Å². The first kappa shape index (κ1) is 26.1. The Kier molecular flexibility index (Phi) is 7.67. The molecular formula is C29H39N3O4. The summed E-state index contributed by atoms with van der Waals surface area (Å²) in [7, 11) is 0. The molecule has 0 heterocycles. The minimum Gasteiger partial charge on any atom is -0.462 e. The van der Waals surface area contributed by atoms with Crippen molar-refractivity contribution in [3.8, 4) is 0 Å². The van der Waals surface area contributed by atoms with E-state index in [4.69, 9.17) is 4.74 Å². The molecule has 2 saturated carbocycles.